The molecule has 0 bridgehead atoms. The quantitative estimate of drug-likeness (QED) is 0.513. The molecule has 0 radical (unpaired) electrons. The number of hydrogen-bond acceptors (Lipinski definition) is 7. The number of benzene rings is 1. The molecule has 4 aromatic rings. The van der Waals surface area contributed by atoms with E-state index < -0.39 is 6.10 Å². The smallest absolute Gasteiger partial charge is 0.262 e. The highest BCUT2D eigenvalue weighted by Gasteiger charge is 2.35. The maximum absolute atomic E-state index is 13.9. The molecule has 3 aromatic heterocycles. The normalized spacial score (nSPS) is 15.3. The van der Waals surface area contributed by atoms with Crippen LogP contribution in [0.1, 0.15) is 20.9 Å². The number of rotatable bonds is 3. The Morgan fingerprint density at radius 2 is 2.00 bits per heavy atom. The fourth-order valence-corrected chi connectivity index (χ4v) is 4.66. The third kappa shape index (κ3) is 3.31. The van der Waals surface area contributed by atoms with E-state index in [2.05, 4.69) is 15.5 Å². The Hall–Kier alpha value is -3.72. The van der Waals surface area contributed by atoms with Crippen molar-refractivity contribution in [3.8, 4) is 16.3 Å². The lowest BCUT2D eigenvalue weighted by Gasteiger charge is -2.34. The van der Waals surface area contributed by atoms with Crippen LogP contribution < -0.4 is 15.0 Å². The van der Waals surface area contributed by atoms with Crippen LogP contribution >= 0.6 is 11.3 Å². The Labute approximate surface area is 187 Å². The summed E-state index contributed by atoms with van der Waals surface area (Å²) < 4.78 is 11.3. The average molecular weight is 449 g/mol. The topological polar surface area (TPSA) is 97.6 Å². The molecule has 5 rings (SSSR count). The van der Waals surface area contributed by atoms with Gasteiger partial charge in [0.15, 0.2) is 6.10 Å². The second-order valence-corrected chi connectivity index (χ2v) is 8.81. The van der Waals surface area contributed by atoms with Gasteiger partial charge in [-0.1, -0.05) is 17.3 Å². The summed E-state index contributed by atoms with van der Waals surface area (Å²) >= 11 is 1.59. The monoisotopic (exact) mass is 448 g/mol. The fourth-order valence-electron chi connectivity index (χ4n) is 3.83. The van der Waals surface area contributed by atoms with E-state index in [9.17, 15) is 9.59 Å². The number of pyridine rings is 1. The molecule has 1 aliphatic rings. The molecule has 162 valence electrons. The summed E-state index contributed by atoms with van der Waals surface area (Å²) in [5, 5.41) is 7.19. The van der Waals surface area contributed by atoms with Crippen molar-refractivity contribution in [3.05, 3.63) is 58.6 Å². The number of thiophene rings is 1. The van der Waals surface area contributed by atoms with Crippen molar-refractivity contribution in [3.63, 3.8) is 0 Å². The molecule has 0 fully saturated rings. The van der Waals surface area contributed by atoms with Gasteiger partial charge >= 0.3 is 0 Å². The lowest BCUT2D eigenvalue weighted by Crippen LogP contribution is -2.50. The third-order valence-electron chi connectivity index (χ3n) is 5.40. The molecule has 4 heterocycles. The zero-order chi connectivity index (χ0) is 22.4. The van der Waals surface area contributed by atoms with Gasteiger partial charge in [0.2, 0.25) is 0 Å². The van der Waals surface area contributed by atoms with E-state index >= 15 is 0 Å². The molecule has 1 atom stereocenters. The van der Waals surface area contributed by atoms with Gasteiger partial charge in [-0.25, -0.2) is 4.98 Å². The molecule has 0 spiro atoms. The van der Waals surface area contributed by atoms with Crippen molar-refractivity contribution in [2.24, 2.45) is 0 Å². The summed E-state index contributed by atoms with van der Waals surface area (Å²) in [5.41, 5.74) is 2.54. The van der Waals surface area contributed by atoms with Gasteiger partial charge in [0.1, 0.15) is 5.75 Å². The molecule has 0 aliphatic carbocycles. The van der Waals surface area contributed by atoms with E-state index in [0.29, 0.717) is 39.5 Å². The minimum absolute atomic E-state index is 0.0805. The largest absolute Gasteiger partial charge is 0.477 e. The first-order valence-corrected chi connectivity index (χ1v) is 10.9. The van der Waals surface area contributed by atoms with Crippen LogP contribution in [0.15, 0.2) is 47.0 Å². The number of hydrogen-bond donors (Lipinski definition) is 1. The Kier molecular flexibility index (Phi) is 4.90. The average Bonchev–Trinajstić information content (AvgIpc) is 3.42. The highest BCUT2D eigenvalue weighted by atomic mass is 32.1. The first kappa shape index (κ1) is 20.2. The number of carbonyl (C=O) groups excluding carboxylic acids is 2. The molecule has 1 unspecified atom stereocenters. The molecule has 9 heteroatoms. The van der Waals surface area contributed by atoms with Gasteiger partial charge < -0.3 is 19.5 Å². The maximum atomic E-state index is 13.9. The molecular formula is C23H20N4O4S. The number of ether oxygens (including phenoxy) is 1. The van der Waals surface area contributed by atoms with Gasteiger partial charge in [0.05, 0.1) is 39.4 Å². The molecule has 1 N–H and O–H groups in total. The molecule has 0 saturated heterocycles. The van der Waals surface area contributed by atoms with Gasteiger partial charge in [0.25, 0.3) is 17.5 Å². The van der Waals surface area contributed by atoms with Crippen LogP contribution in [0, 0.1) is 13.8 Å². The van der Waals surface area contributed by atoms with Gasteiger partial charge in [-0.3, -0.25) is 9.59 Å². The van der Waals surface area contributed by atoms with E-state index in [1.165, 1.54) is 0 Å². The van der Waals surface area contributed by atoms with Crippen molar-refractivity contribution in [1.82, 2.24) is 15.5 Å². The summed E-state index contributed by atoms with van der Waals surface area (Å²) in [5.74, 6) is -0.0990. The molecule has 2 amide bonds. The minimum Gasteiger partial charge on any atom is -0.477 e. The number of aromatic nitrogens is 2. The number of amides is 2. The SMILES string of the molecule is CNC(=O)C1CN(C(=O)c2cc(-c3ccc(C)s3)nc3onc(C)c23)c2ccccc2O1. The van der Waals surface area contributed by atoms with E-state index in [1.807, 2.05) is 25.1 Å². The number of aryl methyl sites for hydroxylation is 2. The van der Waals surface area contributed by atoms with Crippen molar-refractivity contribution >= 4 is 39.9 Å². The Morgan fingerprint density at radius 3 is 2.75 bits per heavy atom. The minimum atomic E-state index is -0.820. The third-order valence-corrected chi connectivity index (χ3v) is 6.42. The zero-order valence-electron chi connectivity index (χ0n) is 17.7. The maximum Gasteiger partial charge on any atom is 0.262 e. The fraction of sp³-hybridized carbons (Fsp3) is 0.217. The highest BCUT2D eigenvalue weighted by molar-refractivity contribution is 7.15. The van der Waals surface area contributed by atoms with Crippen LogP contribution in [0.5, 0.6) is 5.75 Å². The van der Waals surface area contributed by atoms with Crippen LogP contribution in [0.25, 0.3) is 21.7 Å². The molecule has 1 aromatic carbocycles. The van der Waals surface area contributed by atoms with Crippen LogP contribution in [-0.4, -0.2) is 41.7 Å². The number of fused-ring (bicyclic) bond motifs is 2. The van der Waals surface area contributed by atoms with Crippen molar-refractivity contribution in [2.45, 2.75) is 20.0 Å². The van der Waals surface area contributed by atoms with Crippen molar-refractivity contribution in [2.75, 3.05) is 18.5 Å². The molecule has 0 saturated carbocycles. The van der Waals surface area contributed by atoms with Crippen molar-refractivity contribution in [1.29, 1.82) is 0 Å². The number of likely N-dealkylation sites (N-methyl/N-ethyl adjacent to an activating group) is 1. The number of anilines is 1. The van der Waals surface area contributed by atoms with Gasteiger partial charge in [-0.15, -0.1) is 11.3 Å². The van der Waals surface area contributed by atoms with Gasteiger partial charge in [-0.05, 0) is 44.2 Å². The number of para-hydroxylation sites is 2. The number of carbonyl (C=O) groups is 2. The summed E-state index contributed by atoms with van der Waals surface area (Å²) in [7, 11) is 1.54. The Morgan fingerprint density at radius 1 is 1.19 bits per heavy atom. The standard InChI is InChI=1S/C23H20N4O4S/c1-12-8-9-19(32-12)15-10-14(20-13(2)26-31-22(20)25-15)23(29)27-11-18(21(28)24-3)30-17-7-5-4-6-16(17)27/h4-10,18H,11H2,1-3H3,(H,24,28). The van der Waals surface area contributed by atoms with Gasteiger partial charge in [-0.2, -0.15) is 0 Å². The highest BCUT2D eigenvalue weighted by Crippen LogP contribution is 2.36. The molecular weight excluding hydrogens is 428 g/mol. The summed E-state index contributed by atoms with van der Waals surface area (Å²) in [6.07, 6.45) is -0.820. The first-order valence-electron chi connectivity index (χ1n) is 10.1. The summed E-state index contributed by atoms with van der Waals surface area (Å²) in [4.78, 5) is 34.5. The van der Waals surface area contributed by atoms with Crippen LogP contribution in [-0.2, 0) is 4.79 Å². The van der Waals surface area contributed by atoms with E-state index in [0.717, 1.165) is 9.75 Å². The first-order chi connectivity index (χ1) is 15.5. The predicted octanol–water partition coefficient (Wildman–Crippen LogP) is 3.72. The lowest BCUT2D eigenvalue weighted by molar-refractivity contribution is -0.127. The van der Waals surface area contributed by atoms with E-state index in [-0.39, 0.29) is 18.4 Å². The van der Waals surface area contributed by atoms with E-state index in [1.54, 1.807) is 54.5 Å². The number of nitrogens with one attached hydrogen (secondary N) is 1. The van der Waals surface area contributed by atoms with E-state index in [4.69, 9.17) is 9.26 Å². The molecule has 1 aliphatic heterocycles. The molecule has 32 heavy (non-hydrogen) atoms. The van der Waals surface area contributed by atoms with Crippen LogP contribution in [0.3, 0.4) is 0 Å². The summed E-state index contributed by atoms with van der Waals surface area (Å²) in [6.45, 7) is 3.87. The van der Waals surface area contributed by atoms with Crippen LogP contribution in [0.2, 0.25) is 0 Å². The summed E-state index contributed by atoms with van der Waals surface area (Å²) in [6, 6.07) is 12.9. The second kappa shape index (κ2) is 7.76. The Balaban J connectivity index is 1.65. The zero-order valence-corrected chi connectivity index (χ0v) is 18.5. The molecule has 8 nitrogen and oxygen atoms in total. The number of nitrogens with zero attached hydrogens (tertiary/aromatic N) is 3. The van der Waals surface area contributed by atoms with Crippen LogP contribution in [0.4, 0.5) is 5.69 Å². The van der Waals surface area contributed by atoms with Gasteiger partial charge in [0, 0.05) is 11.9 Å². The second-order valence-electron chi connectivity index (χ2n) is 7.52. The lowest BCUT2D eigenvalue weighted by atomic mass is 10.1. The van der Waals surface area contributed by atoms with Crippen molar-refractivity contribution < 1.29 is 18.8 Å². The predicted molar refractivity (Wildman–Crippen MR) is 121 cm³/mol. The Bertz CT molecular complexity index is 1360.